The molecule has 0 bridgehead atoms. The largest absolute Gasteiger partial charge is 0.490 e. The Bertz CT molecular complexity index is 569. The fraction of sp³-hybridized carbons (Fsp3) is 0.467. The van der Waals surface area contributed by atoms with Gasteiger partial charge in [0.05, 0.1) is 6.61 Å². The lowest BCUT2D eigenvalue weighted by Gasteiger charge is -2.12. The van der Waals surface area contributed by atoms with E-state index in [4.69, 9.17) is 19.7 Å². The highest BCUT2D eigenvalue weighted by molar-refractivity contribution is 5.43. The van der Waals surface area contributed by atoms with Crippen molar-refractivity contribution in [2.24, 2.45) is 5.73 Å². The SMILES string of the molecule is CCOc1cc(CCN)ccc1OCc1nc(CC)no1. The minimum absolute atomic E-state index is 0.226. The molecular formula is C15H21N3O3. The highest BCUT2D eigenvalue weighted by Crippen LogP contribution is 2.29. The molecule has 114 valence electrons. The van der Waals surface area contributed by atoms with E-state index >= 15 is 0 Å². The summed E-state index contributed by atoms with van der Waals surface area (Å²) in [5.41, 5.74) is 6.70. The van der Waals surface area contributed by atoms with E-state index < -0.39 is 0 Å². The second-order valence-electron chi connectivity index (χ2n) is 4.50. The van der Waals surface area contributed by atoms with Gasteiger partial charge in [0.25, 0.3) is 5.89 Å². The summed E-state index contributed by atoms with van der Waals surface area (Å²) >= 11 is 0. The van der Waals surface area contributed by atoms with Crippen LogP contribution in [0.15, 0.2) is 22.7 Å². The van der Waals surface area contributed by atoms with Gasteiger partial charge in [-0.2, -0.15) is 4.98 Å². The van der Waals surface area contributed by atoms with Crippen LogP contribution in [0.1, 0.15) is 31.1 Å². The quantitative estimate of drug-likeness (QED) is 0.802. The first kappa shape index (κ1) is 15.3. The van der Waals surface area contributed by atoms with Gasteiger partial charge in [0.15, 0.2) is 23.9 Å². The van der Waals surface area contributed by atoms with Gasteiger partial charge in [-0.3, -0.25) is 0 Å². The van der Waals surface area contributed by atoms with Crippen molar-refractivity contribution in [2.75, 3.05) is 13.2 Å². The molecule has 0 aliphatic heterocycles. The van der Waals surface area contributed by atoms with E-state index in [2.05, 4.69) is 10.1 Å². The van der Waals surface area contributed by atoms with E-state index in [1.807, 2.05) is 32.0 Å². The summed E-state index contributed by atoms with van der Waals surface area (Å²) in [5.74, 6) is 2.50. The predicted molar refractivity (Wildman–Crippen MR) is 78.4 cm³/mol. The molecule has 2 aromatic rings. The van der Waals surface area contributed by atoms with Gasteiger partial charge in [-0.05, 0) is 37.6 Å². The lowest BCUT2D eigenvalue weighted by molar-refractivity contribution is 0.228. The second kappa shape index (κ2) is 7.64. The Morgan fingerprint density at radius 2 is 2.05 bits per heavy atom. The number of rotatable bonds is 8. The van der Waals surface area contributed by atoms with Crippen molar-refractivity contribution >= 4 is 0 Å². The monoisotopic (exact) mass is 291 g/mol. The third-order valence-electron chi connectivity index (χ3n) is 2.92. The van der Waals surface area contributed by atoms with Crippen molar-refractivity contribution < 1.29 is 14.0 Å². The minimum atomic E-state index is 0.226. The lowest BCUT2D eigenvalue weighted by Crippen LogP contribution is -2.04. The molecule has 0 fully saturated rings. The summed E-state index contributed by atoms with van der Waals surface area (Å²) in [7, 11) is 0. The Labute approximate surface area is 124 Å². The lowest BCUT2D eigenvalue weighted by atomic mass is 10.1. The zero-order chi connectivity index (χ0) is 15.1. The topological polar surface area (TPSA) is 83.4 Å². The van der Waals surface area contributed by atoms with Crippen molar-refractivity contribution in [3.05, 3.63) is 35.5 Å². The summed E-state index contributed by atoms with van der Waals surface area (Å²) in [5, 5.41) is 3.83. The van der Waals surface area contributed by atoms with Gasteiger partial charge >= 0.3 is 0 Å². The molecule has 0 atom stereocenters. The van der Waals surface area contributed by atoms with Crippen LogP contribution in [0.25, 0.3) is 0 Å². The number of ether oxygens (including phenoxy) is 2. The van der Waals surface area contributed by atoms with Gasteiger partial charge < -0.3 is 19.7 Å². The van der Waals surface area contributed by atoms with E-state index in [-0.39, 0.29) is 6.61 Å². The molecule has 0 saturated carbocycles. The maximum absolute atomic E-state index is 5.71. The van der Waals surface area contributed by atoms with Crippen molar-refractivity contribution in [3.63, 3.8) is 0 Å². The smallest absolute Gasteiger partial charge is 0.264 e. The standard InChI is InChI=1S/C15H21N3O3/c1-3-14-17-15(21-18-14)10-20-12-6-5-11(7-8-16)9-13(12)19-4-2/h5-6,9H,3-4,7-8,10,16H2,1-2H3. The molecule has 1 heterocycles. The van der Waals surface area contributed by atoms with Gasteiger partial charge in [-0.1, -0.05) is 18.1 Å². The Kier molecular flexibility index (Phi) is 5.57. The average molecular weight is 291 g/mol. The van der Waals surface area contributed by atoms with Crippen LogP contribution in [0.4, 0.5) is 0 Å². The zero-order valence-corrected chi connectivity index (χ0v) is 12.5. The molecule has 0 unspecified atom stereocenters. The molecule has 1 aromatic heterocycles. The van der Waals surface area contributed by atoms with Crippen LogP contribution in [0.2, 0.25) is 0 Å². The molecule has 0 aliphatic rings. The predicted octanol–water partition coefficient (Wildman–Crippen LogP) is 2.11. The number of hydrogen-bond donors (Lipinski definition) is 1. The van der Waals surface area contributed by atoms with E-state index in [0.29, 0.717) is 36.4 Å². The molecule has 1 aromatic carbocycles. The number of nitrogens with zero attached hydrogens (tertiary/aromatic N) is 2. The Morgan fingerprint density at radius 1 is 1.19 bits per heavy atom. The molecule has 0 saturated heterocycles. The molecule has 0 spiro atoms. The fourth-order valence-corrected chi connectivity index (χ4v) is 1.89. The summed E-state index contributed by atoms with van der Waals surface area (Å²) in [6.07, 6.45) is 1.55. The Hall–Kier alpha value is -2.08. The molecule has 6 nitrogen and oxygen atoms in total. The van der Waals surface area contributed by atoms with Crippen molar-refractivity contribution in [1.29, 1.82) is 0 Å². The van der Waals surface area contributed by atoms with E-state index in [0.717, 1.165) is 18.4 Å². The fourth-order valence-electron chi connectivity index (χ4n) is 1.89. The van der Waals surface area contributed by atoms with Gasteiger partial charge in [0, 0.05) is 6.42 Å². The Balaban J connectivity index is 2.07. The number of benzene rings is 1. The van der Waals surface area contributed by atoms with Gasteiger partial charge in [-0.25, -0.2) is 0 Å². The number of aryl methyl sites for hydroxylation is 1. The van der Waals surface area contributed by atoms with Crippen molar-refractivity contribution in [2.45, 2.75) is 33.3 Å². The third kappa shape index (κ3) is 4.19. The maximum atomic E-state index is 5.71. The molecule has 2 rings (SSSR count). The van der Waals surface area contributed by atoms with Crippen LogP contribution in [0.5, 0.6) is 11.5 Å². The van der Waals surface area contributed by atoms with E-state index in [9.17, 15) is 0 Å². The van der Waals surface area contributed by atoms with Crippen molar-refractivity contribution in [1.82, 2.24) is 10.1 Å². The van der Waals surface area contributed by atoms with Crippen LogP contribution in [0.3, 0.4) is 0 Å². The molecule has 0 amide bonds. The highest BCUT2D eigenvalue weighted by atomic mass is 16.5. The first-order valence-corrected chi connectivity index (χ1v) is 7.16. The van der Waals surface area contributed by atoms with Gasteiger partial charge in [-0.15, -0.1) is 0 Å². The normalized spacial score (nSPS) is 10.6. The molecule has 21 heavy (non-hydrogen) atoms. The van der Waals surface area contributed by atoms with Gasteiger partial charge in [0.2, 0.25) is 0 Å². The summed E-state index contributed by atoms with van der Waals surface area (Å²) < 4.78 is 16.4. The number of hydrogen-bond acceptors (Lipinski definition) is 6. The zero-order valence-electron chi connectivity index (χ0n) is 12.5. The second-order valence-corrected chi connectivity index (χ2v) is 4.50. The van der Waals surface area contributed by atoms with Gasteiger partial charge in [0.1, 0.15) is 0 Å². The highest BCUT2D eigenvalue weighted by Gasteiger charge is 2.10. The van der Waals surface area contributed by atoms with Crippen LogP contribution in [0, 0.1) is 0 Å². The average Bonchev–Trinajstić information content (AvgIpc) is 2.95. The molecule has 0 aliphatic carbocycles. The maximum Gasteiger partial charge on any atom is 0.264 e. The van der Waals surface area contributed by atoms with Crippen LogP contribution >= 0.6 is 0 Å². The van der Waals surface area contributed by atoms with Crippen LogP contribution in [-0.4, -0.2) is 23.3 Å². The van der Waals surface area contributed by atoms with E-state index in [1.165, 1.54) is 0 Å². The summed E-state index contributed by atoms with van der Waals surface area (Å²) in [6, 6.07) is 5.82. The summed E-state index contributed by atoms with van der Waals surface area (Å²) in [6.45, 7) is 5.31. The minimum Gasteiger partial charge on any atom is -0.490 e. The first-order chi connectivity index (χ1) is 10.3. The van der Waals surface area contributed by atoms with Crippen LogP contribution in [-0.2, 0) is 19.4 Å². The molecule has 6 heteroatoms. The molecular weight excluding hydrogens is 270 g/mol. The van der Waals surface area contributed by atoms with Crippen LogP contribution < -0.4 is 15.2 Å². The van der Waals surface area contributed by atoms with E-state index in [1.54, 1.807) is 0 Å². The number of nitrogens with two attached hydrogens (primary N) is 1. The third-order valence-corrected chi connectivity index (χ3v) is 2.92. The molecule has 2 N–H and O–H groups in total. The first-order valence-electron chi connectivity index (χ1n) is 7.16. The Morgan fingerprint density at radius 3 is 2.71 bits per heavy atom. The summed E-state index contributed by atoms with van der Waals surface area (Å²) in [4.78, 5) is 4.21. The van der Waals surface area contributed by atoms with Crippen molar-refractivity contribution in [3.8, 4) is 11.5 Å². The molecule has 0 radical (unpaired) electrons. The number of aromatic nitrogens is 2.